The van der Waals surface area contributed by atoms with Gasteiger partial charge in [-0.1, -0.05) is 48.5 Å². The molecule has 1 fully saturated rings. The smallest absolute Gasteiger partial charge is 0.251 e. The summed E-state index contributed by atoms with van der Waals surface area (Å²) in [6, 6.07) is 26.1. The summed E-state index contributed by atoms with van der Waals surface area (Å²) in [6.45, 7) is 0. The largest absolute Gasteiger partial charge is 0.346 e. The summed E-state index contributed by atoms with van der Waals surface area (Å²) >= 11 is 7.25. The molecule has 0 radical (unpaired) electrons. The van der Waals surface area contributed by atoms with Gasteiger partial charge >= 0.3 is 0 Å². The van der Waals surface area contributed by atoms with E-state index in [9.17, 15) is 9.18 Å². The van der Waals surface area contributed by atoms with Crippen LogP contribution in [0.1, 0.15) is 47.2 Å². The number of carbonyl (C=O) groups excluding carboxylic acids is 1. The molecule has 4 aromatic rings. The Morgan fingerprint density at radius 2 is 1.59 bits per heavy atom. The number of rotatable bonds is 5. The van der Waals surface area contributed by atoms with E-state index in [1.54, 1.807) is 12.3 Å². The minimum Gasteiger partial charge on any atom is -0.346 e. The standard InChI is InChI=1S/C29H26ClFN2O/c30-29(25-13-18-32-26-12-11-23(31)19-24(25)26)16-14-28(15-17-29,20-21-7-3-1-4-8-21)33-27(34)22-9-5-2-6-10-22/h1-13,18-19H,14-17,20H2,(H,33,34). The van der Waals surface area contributed by atoms with Crippen LogP contribution >= 0.6 is 11.6 Å². The molecule has 1 N–H and O–H groups in total. The number of aromatic nitrogens is 1. The third-order valence-electron chi connectivity index (χ3n) is 6.99. The summed E-state index contributed by atoms with van der Waals surface area (Å²) in [6.07, 6.45) is 5.21. The second kappa shape index (κ2) is 9.19. The lowest BCUT2D eigenvalue weighted by Crippen LogP contribution is -2.53. The van der Waals surface area contributed by atoms with Crippen molar-refractivity contribution in [3.05, 3.63) is 114 Å². The maximum Gasteiger partial charge on any atom is 0.251 e. The minimum absolute atomic E-state index is 0.0740. The van der Waals surface area contributed by atoms with Crippen LogP contribution < -0.4 is 5.32 Å². The van der Waals surface area contributed by atoms with Crippen LogP contribution in [-0.4, -0.2) is 16.4 Å². The zero-order chi connectivity index (χ0) is 23.6. The first-order chi connectivity index (χ1) is 16.5. The zero-order valence-electron chi connectivity index (χ0n) is 18.8. The van der Waals surface area contributed by atoms with E-state index in [4.69, 9.17) is 11.6 Å². The Bertz CT molecular complexity index is 1300. The molecule has 0 unspecified atom stereocenters. The molecular weight excluding hydrogens is 447 g/mol. The fraction of sp³-hybridized carbons (Fsp3) is 0.241. The highest BCUT2D eigenvalue weighted by Gasteiger charge is 2.44. The lowest BCUT2D eigenvalue weighted by atomic mass is 9.70. The Morgan fingerprint density at radius 1 is 0.912 bits per heavy atom. The predicted octanol–water partition coefficient (Wildman–Crippen LogP) is 6.79. The van der Waals surface area contributed by atoms with Gasteiger partial charge in [-0.25, -0.2) is 4.39 Å². The van der Waals surface area contributed by atoms with Crippen LogP contribution in [-0.2, 0) is 11.3 Å². The van der Waals surface area contributed by atoms with E-state index in [2.05, 4.69) is 22.4 Å². The van der Waals surface area contributed by atoms with Gasteiger partial charge in [0.05, 0.1) is 10.4 Å². The molecule has 3 nitrogen and oxygen atoms in total. The van der Waals surface area contributed by atoms with Gasteiger partial charge in [-0.05, 0) is 79.6 Å². The van der Waals surface area contributed by atoms with Crippen LogP contribution in [0.4, 0.5) is 4.39 Å². The number of benzene rings is 3. The third-order valence-corrected chi connectivity index (χ3v) is 7.57. The molecule has 1 aromatic heterocycles. The second-order valence-corrected chi connectivity index (χ2v) is 9.97. The summed E-state index contributed by atoms with van der Waals surface area (Å²) in [7, 11) is 0. The van der Waals surface area contributed by atoms with Crippen LogP contribution in [0.2, 0.25) is 0 Å². The third kappa shape index (κ3) is 4.55. The first kappa shape index (κ1) is 22.5. The monoisotopic (exact) mass is 472 g/mol. The molecule has 1 aliphatic carbocycles. The SMILES string of the molecule is O=C(NC1(Cc2ccccc2)CCC(Cl)(c2ccnc3ccc(F)cc23)CC1)c1ccccc1. The van der Waals surface area contributed by atoms with Gasteiger partial charge in [0.2, 0.25) is 0 Å². The van der Waals surface area contributed by atoms with E-state index in [0.717, 1.165) is 22.9 Å². The summed E-state index contributed by atoms with van der Waals surface area (Å²) in [5.74, 6) is -0.374. The molecule has 172 valence electrons. The molecule has 3 aromatic carbocycles. The molecule has 0 spiro atoms. The summed E-state index contributed by atoms with van der Waals surface area (Å²) < 4.78 is 14.1. The topological polar surface area (TPSA) is 42.0 Å². The fourth-order valence-electron chi connectivity index (χ4n) is 5.14. The predicted molar refractivity (Wildman–Crippen MR) is 134 cm³/mol. The second-order valence-electron chi connectivity index (χ2n) is 9.25. The van der Waals surface area contributed by atoms with Gasteiger partial charge in [-0.3, -0.25) is 9.78 Å². The highest BCUT2D eigenvalue weighted by molar-refractivity contribution is 6.25. The lowest BCUT2D eigenvalue weighted by molar-refractivity contribution is 0.0855. The van der Waals surface area contributed by atoms with Crippen molar-refractivity contribution in [1.82, 2.24) is 10.3 Å². The van der Waals surface area contributed by atoms with Crippen LogP contribution in [0.15, 0.2) is 91.1 Å². The quantitative estimate of drug-likeness (QED) is 0.325. The van der Waals surface area contributed by atoms with Gasteiger partial charge in [0.15, 0.2) is 0 Å². The highest BCUT2D eigenvalue weighted by atomic mass is 35.5. The Labute approximate surface area is 204 Å². The van der Waals surface area contributed by atoms with E-state index >= 15 is 0 Å². The number of carbonyl (C=O) groups is 1. The Balaban J connectivity index is 1.45. The van der Waals surface area contributed by atoms with Gasteiger partial charge in [-0.2, -0.15) is 0 Å². The number of halogens is 2. The van der Waals surface area contributed by atoms with Crippen LogP contribution in [0, 0.1) is 5.82 Å². The molecule has 0 bridgehead atoms. The molecule has 0 aliphatic heterocycles. The number of hydrogen-bond donors (Lipinski definition) is 1. The van der Waals surface area contributed by atoms with E-state index < -0.39 is 10.4 Å². The number of hydrogen-bond acceptors (Lipinski definition) is 2. The number of nitrogens with zero attached hydrogens (tertiary/aromatic N) is 1. The Kier molecular flexibility index (Phi) is 6.09. The molecule has 0 saturated heterocycles. The fourth-order valence-corrected chi connectivity index (χ4v) is 5.49. The van der Waals surface area contributed by atoms with Crippen molar-refractivity contribution in [2.24, 2.45) is 0 Å². The number of fused-ring (bicyclic) bond motifs is 1. The summed E-state index contributed by atoms with van der Waals surface area (Å²) in [5.41, 5.74) is 3.04. The van der Waals surface area contributed by atoms with Crippen molar-refractivity contribution in [3.8, 4) is 0 Å². The minimum atomic E-state index is -0.646. The molecule has 34 heavy (non-hydrogen) atoms. The first-order valence-electron chi connectivity index (χ1n) is 11.6. The summed E-state index contributed by atoms with van der Waals surface area (Å²) in [4.78, 5) is 16.9. The highest BCUT2D eigenvalue weighted by Crippen LogP contribution is 2.48. The maximum absolute atomic E-state index is 14.1. The van der Waals surface area contributed by atoms with Crippen molar-refractivity contribution in [1.29, 1.82) is 0 Å². The van der Waals surface area contributed by atoms with Gasteiger partial charge in [0.1, 0.15) is 5.82 Å². The Hall–Kier alpha value is -3.24. The first-order valence-corrected chi connectivity index (χ1v) is 12.0. The molecule has 0 atom stereocenters. The van der Waals surface area contributed by atoms with Crippen molar-refractivity contribution in [2.75, 3.05) is 0 Å². The molecule has 1 heterocycles. The lowest BCUT2D eigenvalue weighted by Gasteiger charge is -2.45. The average Bonchev–Trinajstić information content (AvgIpc) is 2.87. The van der Waals surface area contributed by atoms with Gasteiger partial charge in [0.25, 0.3) is 5.91 Å². The van der Waals surface area contributed by atoms with Gasteiger partial charge in [-0.15, -0.1) is 11.6 Å². The van der Waals surface area contributed by atoms with Crippen molar-refractivity contribution in [3.63, 3.8) is 0 Å². The van der Waals surface area contributed by atoms with Gasteiger partial charge in [0, 0.05) is 22.7 Å². The molecular formula is C29H26ClFN2O. The summed E-state index contributed by atoms with van der Waals surface area (Å²) in [5, 5.41) is 4.11. The van der Waals surface area contributed by atoms with E-state index in [1.807, 2.05) is 54.6 Å². The number of nitrogens with one attached hydrogen (secondary N) is 1. The molecule has 5 heteroatoms. The van der Waals surface area contributed by atoms with E-state index in [1.165, 1.54) is 17.7 Å². The normalized spacial score (nSPS) is 22.4. The van der Waals surface area contributed by atoms with Gasteiger partial charge < -0.3 is 5.32 Å². The van der Waals surface area contributed by atoms with Crippen LogP contribution in [0.5, 0.6) is 0 Å². The average molecular weight is 473 g/mol. The van der Waals surface area contributed by atoms with E-state index in [0.29, 0.717) is 31.2 Å². The molecule has 1 saturated carbocycles. The molecule has 5 rings (SSSR count). The number of pyridine rings is 1. The van der Waals surface area contributed by atoms with Crippen LogP contribution in [0.25, 0.3) is 10.9 Å². The van der Waals surface area contributed by atoms with Crippen LogP contribution in [0.3, 0.4) is 0 Å². The molecule has 1 aliphatic rings. The zero-order valence-corrected chi connectivity index (χ0v) is 19.6. The van der Waals surface area contributed by atoms with Crippen molar-refractivity contribution in [2.45, 2.75) is 42.5 Å². The maximum atomic E-state index is 14.1. The number of amides is 1. The van der Waals surface area contributed by atoms with Crippen molar-refractivity contribution >= 4 is 28.4 Å². The van der Waals surface area contributed by atoms with E-state index in [-0.39, 0.29) is 11.7 Å². The number of alkyl halides is 1. The van der Waals surface area contributed by atoms with Crippen molar-refractivity contribution < 1.29 is 9.18 Å². The Morgan fingerprint density at radius 3 is 2.29 bits per heavy atom. The molecule has 1 amide bonds.